The smallest absolute Gasteiger partial charge is 0.344 e. The highest BCUT2D eigenvalue weighted by molar-refractivity contribution is 14.1. The summed E-state index contributed by atoms with van der Waals surface area (Å²) >= 11 is 6.81. The molecule has 42 heavy (non-hydrogen) atoms. The molecule has 0 unspecified atom stereocenters. The van der Waals surface area contributed by atoms with E-state index in [2.05, 4.69) is 43.5 Å². The number of hydrogen-bond acceptors (Lipinski definition) is 10. The van der Waals surface area contributed by atoms with Crippen LogP contribution in [0.5, 0.6) is 17.2 Å². The summed E-state index contributed by atoms with van der Waals surface area (Å²) in [6.07, 6.45) is 3.19. The van der Waals surface area contributed by atoms with E-state index in [1.54, 1.807) is 37.3 Å². The molecule has 1 atom stereocenters. The number of hydrogen-bond donors (Lipinski definition) is 0. The van der Waals surface area contributed by atoms with E-state index in [0.29, 0.717) is 49.8 Å². The molecule has 0 radical (unpaired) electrons. The maximum Gasteiger partial charge on any atom is 0.344 e. The summed E-state index contributed by atoms with van der Waals surface area (Å²) < 4.78 is 30.4. The Morgan fingerprint density at radius 3 is 2.48 bits per heavy atom. The van der Waals surface area contributed by atoms with E-state index in [0.717, 1.165) is 9.13 Å². The van der Waals surface area contributed by atoms with Gasteiger partial charge in [-0.25, -0.2) is 14.6 Å². The molecule has 3 aromatic rings. The van der Waals surface area contributed by atoms with Crippen LogP contribution in [0, 0.1) is 3.57 Å². The van der Waals surface area contributed by atoms with Gasteiger partial charge in [0, 0.05) is 6.20 Å². The van der Waals surface area contributed by atoms with Crippen LogP contribution < -0.4 is 29.1 Å². The number of fused-ring (bicyclic) bond motifs is 1. The third kappa shape index (κ3) is 6.89. The van der Waals surface area contributed by atoms with Crippen molar-refractivity contribution in [3.05, 3.63) is 81.0 Å². The molecule has 2 heterocycles. The Kier molecular flexibility index (Phi) is 10.8. The molecule has 0 saturated carbocycles. The second-order valence-electron chi connectivity index (χ2n) is 8.66. The summed E-state index contributed by atoms with van der Waals surface area (Å²) in [4.78, 5) is 43.3. The van der Waals surface area contributed by atoms with Gasteiger partial charge in [0.1, 0.15) is 5.75 Å². The second-order valence-corrected chi connectivity index (χ2v) is 11.7. The van der Waals surface area contributed by atoms with Gasteiger partial charge in [0.05, 0.1) is 51.1 Å². The average Bonchev–Trinajstić information content (AvgIpc) is 3.27. The van der Waals surface area contributed by atoms with E-state index in [-0.39, 0.29) is 24.3 Å². The number of aromatic nitrogens is 1. The van der Waals surface area contributed by atoms with Crippen LogP contribution in [0.3, 0.4) is 0 Å². The summed E-state index contributed by atoms with van der Waals surface area (Å²) in [5.41, 5.74) is 1.26. The average molecular weight is 771 g/mol. The van der Waals surface area contributed by atoms with Crippen molar-refractivity contribution in [2.24, 2.45) is 4.99 Å². The molecule has 222 valence electrons. The van der Waals surface area contributed by atoms with Crippen LogP contribution in [0.25, 0.3) is 6.08 Å². The second kappa shape index (κ2) is 14.3. The van der Waals surface area contributed by atoms with Gasteiger partial charge in [0.25, 0.3) is 5.56 Å². The molecule has 4 rings (SSSR count). The van der Waals surface area contributed by atoms with Gasteiger partial charge in [-0.05, 0) is 101 Å². The lowest BCUT2D eigenvalue weighted by atomic mass is 9.97. The summed E-state index contributed by atoms with van der Waals surface area (Å²) in [5.74, 6) is 0.498. The predicted molar refractivity (Wildman–Crippen MR) is 169 cm³/mol. The number of nitrogens with zero attached hydrogens (tertiary/aromatic N) is 2. The third-order valence-corrected chi connectivity index (χ3v) is 8.35. The first-order valence-corrected chi connectivity index (χ1v) is 15.7. The van der Waals surface area contributed by atoms with Crippen molar-refractivity contribution < 1.29 is 33.3 Å². The Labute approximate surface area is 267 Å². The Hall–Kier alpha value is -3.17. The van der Waals surface area contributed by atoms with E-state index in [1.807, 2.05) is 19.9 Å². The van der Waals surface area contributed by atoms with Gasteiger partial charge >= 0.3 is 11.9 Å². The van der Waals surface area contributed by atoms with E-state index in [9.17, 15) is 14.4 Å². The highest BCUT2D eigenvalue weighted by atomic mass is 127. The van der Waals surface area contributed by atoms with E-state index < -0.39 is 18.0 Å². The lowest BCUT2D eigenvalue weighted by molar-refractivity contribution is -0.145. The number of esters is 2. The zero-order valence-electron chi connectivity index (χ0n) is 23.3. The Balaban J connectivity index is 1.79. The normalized spacial score (nSPS) is 14.4. The highest BCUT2D eigenvalue weighted by Gasteiger charge is 2.31. The van der Waals surface area contributed by atoms with Crippen LogP contribution >= 0.6 is 49.9 Å². The van der Waals surface area contributed by atoms with E-state index in [4.69, 9.17) is 23.7 Å². The molecule has 0 fully saturated rings. The van der Waals surface area contributed by atoms with Gasteiger partial charge in [-0.2, -0.15) is 0 Å². The first kappa shape index (κ1) is 31.8. The topological polar surface area (TPSA) is 115 Å². The largest absolute Gasteiger partial charge is 0.490 e. The summed E-state index contributed by atoms with van der Waals surface area (Å²) in [6.45, 7) is 6.38. The minimum Gasteiger partial charge on any atom is -0.490 e. The molecule has 1 aromatic heterocycles. The lowest BCUT2D eigenvalue weighted by Crippen LogP contribution is -2.39. The molecule has 10 nitrogen and oxygen atoms in total. The van der Waals surface area contributed by atoms with Crippen molar-refractivity contribution >= 4 is 67.9 Å². The molecule has 0 spiro atoms. The van der Waals surface area contributed by atoms with Gasteiger partial charge in [-0.15, -0.1) is 0 Å². The number of ether oxygens (including phenoxy) is 5. The van der Waals surface area contributed by atoms with Crippen molar-refractivity contribution in [2.75, 3.05) is 33.5 Å². The van der Waals surface area contributed by atoms with Gasteiger partial charge in [0.2, 0.25) is 0 Å². The predicted octanol–water partition coefficient (Wildman–Crippen LogP) is 4.12. The monoisotopic (exact) mass is 770 g/mol. The van der Waals surface area contributed by atoms with Gasteiger partial charge < -0.3 is 23.7 Å². The molecule has 1 aliphatic rings. The molecule has 0 bridgehead atoms. The van der Waals surface area contributed by atoms with Crippen LogP contribution in [-0.4, -0.2) is 50.0 Å². The Morgan fingerprint density at radius 2 is 1.81 bits per heavy atom. The number of carbonyl (C=O) groups excluding carboxylic acids is 2. The van der Waals surface area contributed by atoms with Crippen molar-refractivity contribution in [1.82, 2.24) is 4.57 Å². The number of rotatable bonds is 11. The molecular weight excluding hydrogens is 743 g/mol. The minimum absolute atomic E-state index is 0.212. The van der Waals surface area contributed by atoms with E-state index >= 15 is 0 Å². The zero-order chi connectivity index (χ0) is 30.4. The number of methoxy groups -OCH3 is 1. The first-order valence-electron chi connectivity index (χ1n) is 13.0. The third-order valence-electron chi connectivity index (χ3n) is 5.97. The van der Waals surface area contributed by atoms with Gasteiger partial charge in [-0.3, -0.25) is 9.36 Å². The number of carbonyl (C=O) groups is 2. The van der Waals surface area contributed by atoms with Crippen molar-refractivity contribution in [3.63, 3.8) is 0 Å². The van der Waals surface area contributed by atoms with Crippen LogP contribution in [0.4, 0.5) is 0 Å². The fourth-order valence-corrected chi connectivity index (χ4v) is 7.01. The number of benzene rings is 2. The van der Waals surface area contributed by atoms with Crippen LogP contribution in [-0.2, 0) is 19.1 Å². The maximum absolute atomic E-state index is 13.9. The first-order chi connectivity index (χ1) is 20.2. The standard InChI is InChI=1S/C29H28BrIN2O8S/c1-5-38-21-9-8-17(13-22(21)39-6-2)25-18(28(36)37-4)14-32-29-33(25)27(35)23(42-29)12-16-10-19(30)26(20(31)11-16)41-15-24(34)40-7-3/h8-14,25H,5-7,15H2,1-4H3/b23-12-/t25-/m0/s1. The van der Waals surface area contributed by atoms with Crippen LogP contribution in [0.15, 0.2) is 56.4 Å². The molecule has 0 amide bonds. The Bertz CT molecular complexity index is 1690. The zero-order valence-corrected chi connectivity index (χ0v) is 27.8. The fraction of sp³-hybridized carbons (Fsp3) is 0.310. The molecule has 0 aliphatic carbocycles. The minimum atomic E-state index is -0.795. The Morgan fingerprint density at radius 1 is 1.07 bits per heavy atom. The maximum atomic E-state index is 13.9. The van der Waals surface area contributed by atoms with Gasteiger partial charge in [0.15, 0.2) is 22.9 Å². The van der Waals surface area contributed by atoms with Gasteiger partial charge in [-0.1, -0.05) is 17.4 Å². The molecular formula is C29H28BrIN2O8S. The summed E-state index contributed by atoms with van der Waals surface area (Å²) in [6, 6.07) is 8.16. The van der Waals surface area contributed by atoms with E-state index in [1.165, 1.54) is 29.2 Å². The molecule has 0 saturated heterocycles. The van der Waals surface area contributed by atoms with Crippen molar-refractivity contribution in [1.29, 1.82) is 0 Å². The number of thiazole rings is 1. The number of halogens is 2. The molecule has 1 aliphatic heterocycles. The SMILES string of the molecule is CCOC(=O)COc1c(Br)cc(/C=c2\sc3n(c2=O)[C@@H](c2ccc(OCC)c(OCC)c2)C(C(=O)OC)=CN=3)cc1I. The van der Waals surface area contributed by atoms with Crippen LogP contribution in [0.2, 0.25) is 0 Å². The molecule has 13 heteroatoms. The van der Waals surface area contributed by atoms with Crippen LogP contribution in [0.1, 0.15) is 37.9 Å². The summed E-state index contributed by atoms with van der Waals surface area (Å²) in [7, 11) is 1.29. The quantitative estimate of drug-likeness (QED) is 0.212. The summed E-state index contributed by atoms with van der Waals surface area (Å²) in [5, 5.41) is 0. The van der Waals surface area contributed by atoms with Crippen molar-refractivity contribution in [2.45, 2.75) is 26.8 Å². The fourth-order valence-electron chi connectivity index (χ4n) is 4.27. The van der Waals surface area contributed by atoms with Crippen molar-refractivity contribution in [3.8, 4) is 17.2 Å². The molecule has 2 aromatic carbocycles. The molecule has 0 N–H and O–H groups in total. The highest BCUT2D eigenvalue weighted by Crippen LogP contribution is 2.35. The lowest BCUT2D eigenvalue weighted by Gasteiger charge is -2.23.